The lowest BCUT2D eigenvalue weighted by atomic mass is 9.98. The highest BCUT2D eigenvalue weighted by Crippen LogP contribution is 2.40. The van der Waals surface area contributed by atoms with E-state index < -0.39 is 11.9 Å². The van der Waals surface area contributed by atoms with Gasteiger partial charge in [-0.3, -0.25) is 10.1 Å². The van der Waals surface area contributed by atoms with E-state index >= 15 is 0 Å². The van der Waals surface area contributed by atoms with E-state index in [9.17, 15) is 9.59 Å². The normalized spacial score (nSPS) is 12.3. The molecule has 0 radical (unpaired) electrons. The highest BCUT2D eigenvalue weighted by atomic mass is 35.5. The van der Waals surface area contributed by atoms with Crippen molar-refractivity contribution in [2.75, 3.05) is 19.0 Å². The molecule has 1 heterocycles. The first-order valence-corrected chi connectivity index (χ1v) is 14.3. The van der Waals surface area contributed by atoms with Gasteiger partial charge in [0.1, 0.15) is 5.75 Å². The van der Waals surface area contributed by atoms with Crippen LogP contribution in [0.15, 0.2) is 41.3 Å². The summed E-state index contributed by atoms with van der Waals surface area (Å²) in [6, 6.07) is 8.81. The van der Waals surface area contributed by atoms with Crippen molar-refractivity contribution in [3.05, 3.63) is 68.0 Å². The fraction of sp³-hybridized carbons (Fsp3) is 0.345. The van der Waals surface area contributed by atoms with Gasteiger partial charge < -0.3 is 14.6 Å². The van der Waals surface area contributed by atoms with Gasteiger partial charge in [-0.2, -0.15) is 0 Å². The molecule has 208 valence electrons. The number of hydrogen-bond acceptors (Lipinski definition) is 6. The number of carbonyl (C=O) groups excluding carboxylic acids is 1. The molecule has 10 heteroatoms. The molecular formula is C29H32Cl2N2O5S. The summed E-state index contributed by atoms with van der Waals surface area (Å²) in [5, 5.41) is 14.5. The van der Waals surface area contributed by atoms with Crippen LogP contribution in [0.3, 0.4) is 0 Å². The Balaban J connectivity index is 1.86. The van der Waals surface area contributed by atoms with E-state index in [1.54, 1.807) is 7.11 Å². The molecule has 1 aromatic heterocycles. The van der Waals surface area contributed by atoms with Gasteiger partial charge in [0.25, 0.3) is 5.91 Å². The monoisotopic (exact) mass is 590 g/mol. The zero-order valence-electron chi connectivity index (χ0n) is 22.3. The van der Waals surface area contributed by atoms with Gasteiger partial charge in [0.05, 0.1) is 29.0 Å². The fourth-order valence-corrected chi connectivity index (χ4v) is 5.27. The van der Waals surface area contributed by atoms with Crippen molar-refractivity contribution in [2.24, 2.45) is 0 Å². The number of nitrogens with zero attached hydrogens (tertiary/aromatic N) is 1. The second kappa shape index (κ2) is 14.5. The van der Waals surface area contributed by atoms with Crippen LogP contribution in [0.4, 0.5) is 5.13 Å². The molecule has 3 rings (SSSR count). The Hall–Kier alpha value is -2.91. The molecule has 0 spiro atoms. The van der Waals surface area contributed by atoms with Crippen molar-refractivity contribution in [3.63, 3.8) is 0 Å². The first-order chi connectivity index (χ1) is 18.7. The van der Waals surface area contributed by atoms with Crippen LogP contribution in [0.2, 0.25) is 10.0 Å². The van der Waals surface area contributed by atoms with Crippen LogP contribution in [-0.2, 0) is 9.53 Å². The van der Waals surface area contributed by atoms with E-state index in [1.807, 2.05) is 23.6 Å². The summed E-state index contributed by atoms with van der Waals surface area (Å²) >= 11 is 13.9. The van der Waals surface area contributed by atoms with Crippen LogP contribution in [-0.4, -0.2) is 35.7 Å². The molecule has 3 aromatic rings. The van der Waals surface area contributed by atoms with E-state index in [0.29, 0.717) is 28.7 Å². The molecule has 0 saturated heterocycles. The van der Waals surface area contributed by atoms with Gasteiger partial charge in [-0.1, -0.05) is 62.0 Å². The molecular weight excluding hydrogens is 559 g/mol. The van der Waals surface area contributed by atoms with E-state index in [4.69, 9.17) is 37.8 Å². The number of para-hydroxylation sites is 1. The number of aliphatic carboxylic acids is 1. The zero-order chi connectivity index (χ0) is 28.5. The van der Waals surface area contributed by atoms with Gasteiger partial charge in [-0.15, -0.1) is 11.3 Å². The second-order valence-corrected chi connectivity index (χ2v) is 10.6. The maximum Gasteiger partial charge on any atom is 0.331 e. The first-order valence-electron chi connectivity index (χ1n) is 12.7. The average Bonchev–Trinajstić information content (AvgIpc) is 3.38. The zero-order valence-corrected chi connectivity index (χ0v) is 24.7. The van der Waals surface area contributed by atoms with Crippen LogP contribution < -0.4 is 10.1 Å². The summed E-state index contributed by atoms with van der Waals surface area (Å²) < 4.78 is 12.0. The van der Waals surface area contributed by atoms with Crippen LogP contribution >= 0.6 is 34.5 Å². The molecule has 0 aliphatic heterocycles. The Bertz CT molecular complexity index is 1320. The number of carboxylic acids is 1. The number of aromatic nitrogens is 1. The maximum atomic E-state index is 13.0. The van der Waals surface area contributed by atoms with Gasteiger partial charge in [-0.05, 0) is 44.0 Å². The molecule has 1 unspecified atom stereocenters. The number of carboxylic acid groups (broad SMARTS) is 1. The fourth-order valence-electron chi connectivity index (χ4n) is 3.97. The lowest BCUT2D eigenvalue weighted by molar-refractivity contribution is -0.132. The van der Waals surface area contributed by atoms with Gasteiger partial charge in [0.15, 0.2) is 5.13 Å². The topological polar surface area (TPSA) is 97.8 Å². The van der Waals surface area contributed by atoms with Gasteiger partial charge >= 0.3 is 5.97 Å². The van der Waals surface area contributed by atoms with Crippen molar-refractivity contribution >= 4 is 57.6 Å². The molecule has 39 heavy (non-hydrogen) atoms. The highest BCUT2D eigenvalue weighted by Gasteiger charge is 2.21. The third kappa shape index (κ3) is 7.82. The van der Waals surface area contributed by atoms with Crippen LogP contribution in [0.5, 0.6) is 5.75 Å². The molecule has 2 N–H and O–H groups in total. The predicted molar refractivity (Wildman–Crippen MR) is 158 cm³/mol. The van der Waals surface area contributed by atoms with Gasteiger partial charge in [-0.25, -0.2) is 9.78 Å². The van der Waals surface area contributed by atoms with E-state index in [2.05, 4.69) is 24.1 Å². The minimum absolute atomic E-state index is 0.0689. The van der Waals surface area contributed by atoms with Crippen LogP contribution in [0, 0.1) is 0 Å². The number of ether oxygens (including phenoxy) is 2. The maximum absolute atomic E-state index is 13.0. The Morgan fingerprint density at radius 1 is 1.18 bits per heavy atom. The molecule has 0 fully saturated rings. The molecule has 7 nitrogen and oxygen atoms in total. The summed E-state index contributed by atoms with van der Waals surface area (Å²) in [7, 11) is 1.64. The lowest BCUT2D eigenvalue weighted by Crippen LogP contribution is -2.12. The number of methoxy groups -OCH3 is 1. The quantitative estimate of drug-likeness (QED) is 0.193. The summed E-state index contributed by atoms with van der Waals surface area (Å²) in [5.41, 5.74) is 3.08. The Morgan fingerprint density at radius 3 is 2.51 bits per heavy atom. The molecule has 0 aliphatic carbocycles. The second-order valence-electron chi connectivity index (χ2n) is 8.91. The number of unbranched alkanes of at least 4 members (excludes halogenated alkanes) is 1. The molecule has 0 bridgehead atoms. The van der Waals surface area contributed by atoms with E-state index in [1.165, 1.54) is 36.5 Å². The summed E-state index contributed by atoms with van der Waals surface area (Å²) in [5.74, 6) is -0.828. The summed E-state index contributed by atoms with van der Waals surface area (Å²) in [6.45, 7) is 6.34. The third-order valence-corrected chi connectivity index (χ3v) is 7.36. The minimum atomic E-state index is -1.09. The Morgan fingerprint density at radius 2 is 1.90 bits per heavy atom. The van der Waals surface area contributed by atoms with Crippen molar-refractivity contribution in [1.29, 1.82) is 0 Å². The number of carbonyl (C=O) groups is 2. The Labute approximate surface area is 242 Å². The number of rotatable bonds is 13. The van der Waals surface area contributed by atoms with Crippen LogP contribution in [0.25, 0.3) is 17.3 Å². The lowest BCUT2D eigenvalue weighted by Gasteiger charge is -2.22. The van der Waals surface area contributed by atoms with Gasteiger partial charge in [0, 0.05) is 39.8 Å². The molecule has 1 atom stereocenters. The summed E-state index contributed by atoms with van der Waals surface area (Å²) in [6.07, 6.45) is 5.22. The van der Waals surface area contributed by atoms with Crippen molar-refractivity contribution in [3.8, 4) is 17.0 Å². The molecule has 0 aliphatic rings. The molecule has 0 saturated carbocycles. The largest absolute Gasteiger partial charge is 0.496 e. The third-order valence-electron chi connectivity index (χ3n) is 5.98. The number of anilines is 1. The standard InChI is InChI=1S/C29H32Cl2N2O5S/c1-5-7-11-25(38-12-6-2)20-10-8-9-19(26(20)37-4)24-16-39-29(32-24)33-27(34)18-14-22(30)21(23(31)15-18)13-17(3)28(35)36/h8-10,13-16,25H,5-7,11-12H2,1-4H3,(H,35,36)(H,32,33,34). The number of benzene rings is 2. The van der Waals surface area contributed by atoms with Crippen molar-refractivity contribution in [1.82, 2.24) is 4.98 Å². The Kier molecular flexibility index (Phi) is 11.4. The highest BCUT2D eigenvalue weighted by molar-refractivity contribution is 7.14. The van der Waals surface area contributed by atoms with Crippen molar-refractivity contribution in [2.45, 2.75) is 52.6 Å². The smallest absolute Gasteiger partial charge is 0.331 e. The number of halogens is 2. The SMILES string of the molecule is CCCCC(OCCC)c1cccc(-c2csc(NC(=O)c3cc(Cl)c(C=C(C)C(=O)O)c(Cl)c3)n2)c1OC. The van der Waals surface area contributed by atoms with Crippen LogP contribution in [0.1, 0.15) is 74.0 Å². The minimum Gasteiger partial charge on any atom is -0.496 e. The number of thiazole rings is 1. The van der Waals surface area contributed by atoms with Gasteiger partial charge in [0.2, 0.25) is 0 Å². The molecule has 1 amide bonds. The number of hydrogen-bond donors (Lipinski definition) is 2. The first kappa shape index (κ1) is 30.6. The number of nitrogens with one attached hydrogen (secondary N) is 1. The summed E-state index contributed by atoms with van der Waals surface area (Å²) in [4.78, 5) is 28.7. The number of amides is 1. The molecule has 2 aromatic carbocycles. The van der Waals surface area contributed by atoms with Crippen molar-refractivity contribution < 1.29 is 24.2 Å². The van der Waals surface area contributed by atoms with E-state index in [-0.39, 0.29) is 27.3 Å². The van der Waals surface area contributed by atoms with E-state index in [0.717, 1.165) is 36.8 Å². The predicted octanol–water partition coefficient (Wildman–Crippen LogP) is 8.52. The average molecular weight is 592 g/mol.